The minimum Gasteiger partial charge on any atom is -0.495 e. The maximum absolute atomic E-state index is 12.9. The number of thiophene rings is 1. The molecule has 0 spiro atoms. The number of fused-ring (bicyclic) bond motifs is 2. The van der Waals surface area contributed by atoms with Gasteiger partial charge in [0.25, 0.3) is 5.56 Å². The Labute approximate surface area is 172 Å². The summed E-state index contributed by atoms with van der Waals surface area (Å²) in [6.07, 6.45) is 2.11. The van der Waals surface area contributed by atoms with Crippen LogP contribution in [0.1, 0.15) is 17.8 Å². The van der Waals surface area contributed by atoms with Crippen LogP contribution in [0.25, 0.3) is 21.3 Å². The van der Waals surface area contributed by atoms with Crippen molar-refractivity contribution in [3.05, 3.63) is 75.7 Å². The second-order valence-electron chi connectivity index (χ2n) is 7.20. The Kier molecular flexibility index (Phi) is 4.56. The van der Waals surface area contributed by atoms with E-state index in [0.717, 1.165) is 46.8 Å². The molecule has 0 radical (unpaired) electrons. The van der Waals surface area contributed by atoms with E-state index < -0.39 is 0 Å². The molecule has 2 aromatic carbocycles. The first-order chi connectivity index (χ1) is 14.2. The lowest BCUT2D eigenvalue weighted by atomic mass is 10.0. The molecule has 0 saturated heterocycles. The summed E-state index contributed by atoms with van der Waals surface area (Å²) in [5, 5.41) is 2.69. The summed E-state index contributed by atoms with van der Waals surface area (Å²) in [7, 11) is 1.70. The second kappa shape index (κ2) is 7.37. The second-order valence-corrected chi connectivity index (χ2v) is 8.06. The zero-order valence-electron chi connectivity index (χ0n) is 16.1. The van der Waals surface area contributed by atoms with Crippen LogP contribution < -0.4 is 15.2 Å². The highest BCUT2D eigenvalue weighted by molar-refractivity contribution is 7.17. The Morgan fingerprint density at radius 1 is 1.17 bits per heavy atom. The number of anilines is 1. The van der Waals surface area contributed by atoms with Gasteiger partial charge in [-0.3, -0.25) is 4.79 Å². The first-order valence-electron chi connectivity index (χ1n) is 9.71. The molecular weight excluding hydrogens is 382 g/mol. The number of nitrogens with one attached hydrogen (secondary N) is 1. The molecule has 0 amide bonds. The number of nitrogens with zero attached hydrogens (tertiary/aromatic N) is 2. The zero-order chi connectivity index (χ0) is 19.8. The van der Waals surface area contributed by atoms with Gasteiger partial charge in [0, 0.05) is 17.5 Å². The van der Waals surface area contributed by atoms with Crippen molar-refractivity contribution in [2.45, 2.75) is 19.4 Å². The van der Waals surface area contributed by atoms with Crippen LogP contribution in [0.4, 0.5) is 5.69 Å². The summed E-state index contributed by atoms with van der Waals surface area (Å²) in [5.74, 6) is 1.55. The molecule has 5 nitrogen and oxygen atoms in total. The molecular formula is C23H21N3O2S. The summed E-state index contributed by atoms with van der Waals surface area (Å²) in [5.41, 5.74) is 4.29. The Hall–Kier alpha value is -3.12. The number of ether oxygens (including phenoxy) is 1. The van der Waals surface area contributed by atoms with E-state index in [0.29, 0.717) is 17.8 Å². The molecule has 3 heterocycles. The first kappa shape index (κ1) is 17.9. The van der Waals surface area contributed by atoms with Crippen LogP contribution >= 0.6 is 11.3 Å². The van der Waals surface area contributed by atoms with Crippen molar-refractivity contribution in [3.8, 4) is 16.9 Å². The van der Waals surface area contributed by atoms with E-state index in [9.17, 15) is 4.79 Å². The van der Waals surface area contributed by atoms with Crippen LogP contribution in [0.3, 0.4) is 0 Å². The van der Waals surface area contributed by atoms with Gasteiger partial charge in [-0.15, -0.1) is 11.3 Å². The third-order valence-electron chi connectivity index (χ3n) is 5.41. The van der Waals surface area contributed by atoms with E-state index in [1.165, 1.54) is 16.9 Å². The highest BCUT2D eigenvalue weighted by Crippen LogP contribution is 2.37. The van der Waals surface area contributed by atoms with Gasteiger partial charge in [0.2, 0.25) is 0 Å². The fourth-order valence-electron chi connectivity index (χ4n) is 4.10. The number of hydrogen-bond acceptors (Lipinski definition) is 5. The number of rotatable bonds is 4. The van der Waals surface area contributed by atoms with E-state index in [4.69, 9.17) is 9.72 Å². The van der Waals surface area contributed by atoms with Gasteiger partial charge in [-0.2, -0.15) is 0 Å². The number of methoxy groups -OCH3 is 1. The normalized spacial score (nSPS) is 13.5. The van der Waals surface area contributed by atoms with Crippen LogP contribution in [-0.2, 0) is 13.0 Å². The number of para-hydroxylation sites is 1. The quantitative estimate of drug-likeness (QED) is 0.540. The Morgan fingerprint density at radius 3 is 2.86 bits per heavy atom. The van der Waals surface area contributed by atoms with Crippen LogP contribution in [0.5, 0.6) is 5.75 Å². The molecule has 6 heteroatoms. The Morgan fingerprint density at radius 2 is 2.03 bits per heavy atom. The molecule has 0 aliphatic carbocycles. The average molecular weight is 404 g/mol. The minimum atomic E-state index is -0.0811. The topological polar surface area (TPSA) is 58.2 Å². The molecule has 4 aromatic rings. The van der Waals surface area contributed by atoms with Gasteiger partial charge in [0.05, 0.1) is 24.7 Å². The first-order valence-corrected chi connectivity index (χ1v) is 10.6. The van der Waals surface area contributed by atoms with Crippen LogP contribution in [0, 0.1) is 0 Å². The number of benzene rings is 2. The van der Waals surface area contributed by atoms with Crippen LogP contribution in [0.2, 0.25) is 0 Å². The molecule has 2 aromatic heterocycles. The fraction of sp³-hybridized carbons (Fsp3) is 0.217. The molecule has 0 unspecified atom stereocenters. The van der Waals surface area contributed by atoms with Gasteiger partial charge in [0.1, 0.15) is 16.4 Å². The van der Waals surface area contributed by atoms with Crippen molar-refractivity contribution in [1.29, 1.82) is 0 Å². The van der Waals surface area contributed by atoms with Crippen molar-refractivity contribution in [1.82, 2.24) is 9.97 Å². The molecule has 29 heavy (non-hydrogen) atoms. The predicted octanol–water partition coefficient (Wildman–Crippen LogP) is 4.61. The lowest BCUT2D eigenvalue weighted by Gasteiger charge is -2.32. The third kappa shape index (κ3) is 3.19. The molecule has 0 saturated carbocycles. The Balaban J connectivity index is 1.53. The highest BCUT2D eigenvalue weighted by Gasteiger charge is 2.22. The minimum absolute atomic E-state index is 0.0811. The number of aromatic amines is 1. The molecule has 0 bridgehead atoms. The Bertz CT molecular complexity index is 1220. The van der Waals surface area contributed by atoms with Crippen LogP contribution in [0.15, 0.2) is 58.7 Å². The lowest BCUT2D eigenvalue weighted by molar-refractivity contribution is 0.412. The van der Waals surface area contributed by atoms with Gasteiger partial charge in [0.15, 0.2) is 0 Å². The van der Waals surface area contributed by atoms with Gasteiger partial charge in [-0.1, -0.05) is 42.5 Å². The third-order valence-corrected chi connectivity index (χ3v) is 6.28. The number of hydrogen-bond donors (Lipinski definition) is 1. The average Bonchev–Trinajstić information content (AvgIpc) is 3.19. The molecule has 1 N–H and O–H groups in total. The smallest absolute Gasteiger partial charge is 0.260 e. The van der Waals surface area contributed by atoms with Crippen molar-refractivity contribution in [2.75, 3.05) is 18.6 Å². The van der Waals surface area contributed by atoms with Crippen molar-refractivity contribution < 1.29 is 4.74 Å². The van der Waals surface area contributed by atoms with Crippen molar-refractivity contribution >= 4 is 27.2 Å². The van der Waals surface area contributed by atoms with Gasteiger partial charge in [-0.05, 0) is 30.0 Å². The summed E-state index contributed by atoms with van der Waals surface area (Å²) in [4.78, 5) is 23.8. The van der Waals surface area contributed by atoms with E-state index in [1.54, 1.807) is 7.11 Å². The molecule has 0 atom stereocenters. The maximum atomic E-state index is 12.9. The lowest BCUT2D eigenvalue weighted by Crippen LogP contribution is -2.31. The monoisotopic (exact) mass is 403 g/mol. The predicted molar refractivity (Wildman–Crippen MR) is 118 cm³/mol. The SMILES string of the molecule is COc1cccc2c1N(Cc1nc3scc(-c4ccccc4)c3c(=O)[nH]1)CCC2. The van der Waals surface area contributed by atoms with E-state index in [2.05, 4.69) is 16.0 Å². The van der Waals surface area contributed by atoms with Gasteiger partial charge < -0.3 is 14.6 Å². The van der Waals surface area contributed by atoms with Crippen LogP contribution in [-0.4, -0.2) is 23.6 Å². The number of aryl methyl sites for hydroxylation is 1. The van der Waals surface area contributed by atoms with E-state index >= 15 is 0 Å². The molecule has 5 rings (SSSR count). The van der Waals surface area contributed by atoms with Gasteiger partial charge >= 0.3 is 0 Å². The number of aromatic nitrogens is 2. The number of H-pyrrole nitrogens is 1. The molecule has 146 valence electrons. The standard InChI is InChI=1S/C23H21N3O2S/c1-28-18-11-5-9-16-10-6-12-26(21(16)18)13-19-24-22(27)20-17(14-29-23(20)25-19)15-7-3-2-4-8-15/h2-5,7-9,11,14H,6,10,12-13H2,1H3,(H,24,25,27). The van der Waals surface area contributed by atoms with E-state index in [1.807, 2.05) is 47.8 Å². The van der Waals surface area contributed by atoms with Gasteiger partial charge in [-0.25, -0.2) is 4.98 Å². The molecule has 1 aliphatic heterocycles. The van der Waals surface area contributed by atoms with Crippen molar-refractivity contribution in [3.63, 3.8) is 0 Å². The van der Waals surface area contributed by atoms with E-state index in [-0.39, 0.29) is 5.56 Å². The zero-order valence-corrected chi connectivity index (χ0v) is 17.0. The molecule has 1 aliphatic rings. The summed E-state index contributed by atoms with van der Waals surface area (Å²) in [6, 6.07) is 16.1. The fourth-order valence-corrected chi connectivity index (χ4v) is 5.07. The summed E-state index contributed by atoms with van der Waals surface area (Å²) in [6.45, 7) is 1.46. The summed E-state index contributed by atoms with van der Waals surface area (Å²) < 4.78 is 5.59. The summed E-state index contributed by atoms with van der Waals surface area (Å²) >= 11 is 1.52. The highest BCUT2D eigenvalue weighted by atomic mass is 32.1. The molecule has 0 fully saturated rings. The van der Waals surface area contributed by atoms with Crippen molar-refractivity contribution in [2.24, 2.45) is 0 Å². The largest absolute Gasteiger partial charge is 0.495 e. The maximum Gasteiger partial charge on any atom is 0.260 e.